The van der Waals surface area contributed by atoms with E-state index in [9.17, 15) is 19.8 Å². The standard InChI is InChI=1S/C22H29FO4/c1-12-9-17-15-6-8-21(27,13(2)24)20(15,4)11-18(26)22(17,23)19(3)7-5-14(25)10-16(12)19/h5,7,10,12,15,17-18,26-27H,6,8-9,11H2,1-4H3/t12-,15+,17+,18-,19-,20-,21+,22+/m0/s1. The molecule has 4 aliphatic rings. The maximum absolute atomic E-state index is 16.9. The molecule has 4 rings (SSSR count). The number of aliphatic hydroxyl groups excluding tert-OH is 1. The third-order valence-corrected chi connectivity index (χ3v) is 8.70. The SMILES string of the molecule is CC(=O)[C@]1(O)CC[C@@H]2[C@H]3C[C@H](C)C4=CC(=O)C=C[C@]4(C)[C@]3(F)[C@@H](O)C[C@@]21C. The minimum Gasteiger partial charge on any atom is -0.390 e. The number of Topliss-reactive ketones (excluding diaryl/α,β-unsaturated/α-hetero) is 1. The van der Waals surface area contributed by atoms with E-state index < -0.39 is 34.1 Å². The van der Waals surface area contributed by atoms with Crippen molar-refractivity contribution < 1.29 is 24.2 Å². The van der Waals surface area contributed by atoms with Crippen molar-refractivity contribution in [3.8, 4) is 0 Å². The Kier molecular flexibility index (Phi) is 3.79. The minimum absolute atomic E-state index is 0.00153. The second-order valence-corrected chi connectivity index (χ2v) is 9.75. The van der Waals surface area contributed by atoms with Crippen molar-refractivity contribution in [1.82, 2.24) is 0 Å². The Balaban J connectivity index is 1.86. The maximum atomic E-state index is 16.9. The van der Waals surface area contributed by atoms with Gasteiger partial charge in [0, 0.05) is 16.7 Å². The Morgan fingerprint density at radius 1 is 1.30 bits per heavy atom. The summed E-state index contributed by atoms with van der Waals surface area (Å²) < 4.78 is 16.9. The normalized spacial score (nSPS) is 54.0. The lowest BCUT2D eigenvalue weighted by atomic mass is 9.43. The molecular weight excluding hydrogens is 347 g/mol. The number of halogens is 1. The summed E-state index contributed by atoms with van der Waals surface area (Å²) in [7, 11) is 0. The van der Waals surface area contributed by atoms with Gasteiger partial charge in [0.2, 0.25) is 0 Å². The number of hydrogen-bond acceptors (Lipinski definition) is 4. The molecule has 0 spiro atoms. The van der Waals surface area contributed by atoms with E-state index in [0.717, 1.165) is 5.57 Å². The molecule has 4 nitrogen and oxygen atoms in total. The van der Waals surface area contributed by atoms with Crippen molar-refractivity contribution in [3.05, 3.63) is 23.8 Å². The molecule has 0 aromatic rings. The molecule has 8 atom stereocenters. The number of fused-ring (bicyclic) bond motifs is 5. The van der Waals surface area contributed by atoms with Gasteiger partial charge in [0.15, 0.2) is 17.2 Å². The first-order valence-corrected chi connectivity index (χ1v) is 9.97. The topological polar surface area (TPSA) is 74.6 Å². The molecule has 27 heavy (non-hydrogen) atoms. The first kappa shape index (κ1) is 19.0. The van der Waals surface area contributed by atoms with Crippen molar-refractivity contribution in [2.24, 2.45) is 28.6 Å². The lowest BCUT2D eigenvalue weighted by Gasteiger charge is -2.63. The van der Waals surface area contributed by atoms with E-state index >= 15 is 4.39 Å². The van der Waals surface area contributed by atoms with Gasteiger partial charge in [0.05, 0.1) is 6.10 Å². The van der Waals surface area contributed by atoms with Crippen LogP contribution in [-0.4, -0.2) is 39.2 Å². The van der Waals surface area contributed by atoms with Crippen molar-refractivity contribution in [3.63, 3.8) is 0 Å². The van der Waals surface area contributed by atoms with Gasteiger partial charge in [-0.05, 0) is 63.5 Å². The van der Waals surface area contributed by atoms with Crippen LogP contribution in [0.3, 0.4) is 0 Å². The highest BCUT2D eigenvalue weighted by molar-refractivity contribution is 6.01. The van der Waals surface area contributed by atoms with Crippen molar-refractivity contribution in [2.75, 3.05) is 0 Å². The molecule has 0 bridgehead atoms. The zero-order valence-electron chi connectivity index (χ0n) is 16.5. The molecule has 0 amide bonds. The van der Waals surface area contributed by atoms with Gasteiger partial charge in [0.1, 0.15) is 5.60 Å². The Morgan fingerprint density at radius 3 is 2.59 bits per heavy atom. The average Bonchev–Trinajstić information content (AvgIpc) is 2.85. The first-order chi connectivity index (χ1) is 12.4. The monoisotopic (exact) mass is 376 g/mol. The number of hydrogen-bond donors (Lipinski definition) is 2. The van der Waals surface area contributed by atoms with Crippen LogP contribution < -0.4 is 0 Å². The summed E-state index contributed by atoms with van der Waals surface area (Å²) in [5.74, 6) is -1.11. The molecule has 0 radical (unpaired) electrons. The quantitative estimate of drug-likeness (QED) is 0.738. The lowest BCUT2D eigenvalue weighted by Crippen LogP contribution is -2.69. The summed E-state index contributed by atoms with van der Waals surface area (Å²) >= 11 is 0. The molecule has 4 aliphatic carbocycles. The molecule has 148 valence electrons. The third kappa shape index (κ3) is 2.00. The van der Waals surface area contributed by atoms with Gasteiger partial charge in [-0.25, -0.2) is 4.39 Å². The Morgan fingerprint density at radius 2 is 1.96 bits per heavy atom. The van der Waals surface area contributed by atoms with Crippen LogP contribution >= 0.6 is 0 Å². The van der Waals surface area contributed by atoms with Crippen LogP contribution in [0.2, 0.25) is 0 Å². The van der Waals surface area contributed by atoms with Gasteiger partial charge < -0.3 is 10.2 Å². The second kappa shape index (κ2) is 5.38. The van der Waals surface area contributed by atoms with Gasteiger partial charge in [-0.3, -0.25) is 9.59 Å². The molecule has 2 N–H and O–H groups in total. The fourth-order valence-corrected chi connectivity index (χ4v) is 7.18. The molecule has 5 heteroatoms. The van der Waals surface area contributed by atoms with Crippen molar-refractivity contribution >= 4 is 11.6 Å². The van der Waals surface area contributed by atoms with Crippen LogP contribution in [0, 0.1) is 28.6 Å². The highest BCUT2D eigenvalue weighted by Crippen LogP contribution is 2.70. The Hall–Kier alpha value is -1.33. The zero-order chi connectivity index (χ0) is 20.0. The van der Waals surface area contributed by atoms with E-state index in [1.54, 1.807) is 13.0 Å². The molecular formula is C22H29FO4. The van der Waals surface area contributed by atoms with Gasteiger partial charge in [-0.2, -0.15) is 0 Å². The first-order valence-electron chi connectivity index (χ1n) is 9.97. The van der Waals surface area contributed by atoms with Gasteiger partial charge in [0.25, 0.3) is 0 Å². The Labute approximate surface area is 159 Å². The molecule has 0 unspecified atom stereocenters. The number of ketones is 2. The maximum Gasteiger partial charge on any atom is 0.178 e. The summed E-state index contributed by atoms with van der Waals surface area (Å²) in [4.78, 5) is 24.2. The average molecular weight is 376 g/mol. The number of carbonyl (C=O) groups excluding carboxylic acids is 2. The minimum atomic E-state index is -1.92. The number of carbonyl (C=O) groups is 2. The highest BCUT2D eigenvalue weighted by atomic mass is 19.1. The van der Waals surface area contributed by atoms with Gasteiger partial charge in [-0.1, -0.05) is 25.5 Å². The van der Waals surface area contributed by atoms with E-state index in [4.69, 9.17) is 0 Å². The van der Waals surface area contributed by atoms with Crippen LogP contribution in [0.15, 0.2) is 23.8 Å². The molecule has 0 saturated heterocycles. The predicted molar refractivity (Wildman–Crippen MR) is 98.5 cm³/mol. The fraction of sp³-hybridized carbons (Fsp3) is 0.727. The van der Waals surface area contributed by atoms with Crippen LogP contribution in [0.1, 0.15) is 53.4 Å². The highest BCUT2D eigenvalue weighted by Gasteiger charge is 2.74. The van der Waals surface area contributed by atoms with Crippen molar-refractivity contribution in [2.45, 2.75) is 70.8 Å². The number of allylic oxidation sites excluding steroid dienone is 4. The van der Waals surface area contributed by atoms with Crippen molar-refractivity contribution in [1.29, 1.82) is 0 Å². The fourth-order valence-electron chi connectivity index (χ4n) is 7.18. The number of aliphatic hydroxyl groups is 2. The molecule has 3 fully saturated rings. The van der Waals surface area contributed by atoms with E-state index in [1.807, 2.05) is 13.8 Å². The number of alkyl halides is 1. The van der Waals surface area contributed by atoms with E-state index in [2.05, 4.69) is 0 Å². The van der Waals surface area contributed by atoms with E-state index in [0.29, 0.717) is 19.3 Å². The molecule has 0 aromatic heterocycles. The lowest BCUT2D eigenvalue weighted by molar-refractivity contribution is -0.219. The summed E-state index contributed by atoms with van der Waals surface area (Å²) in [6, 6.07) is 0. The summed E-state index contributed by atoms with van der Waals surface area (Å²) in [6.07, 6.45) is 4.68. The predicted octanol–water partition coefficient (Wildman–Crippen LogP) is 2.92. The van der Waals surface area contributed by atoms with Crippen LogP contribution in [-0.2, 0) is 9.59 Å². The van der Waals surface area contributed by atoms with Crippen LogP contribution in [0.4, 0.5) is 4.39 Å². The van der Waals surface area contributed by atoms with E-state index in [1.165, 1.54) is 19.1 Å². The Bertz CT molecular complexity index is 787. The zero-order valence-corrected chi connectivity index (χ0v) is 16.5. The van der Waals surface area contributed by atoms with Crippen LogP contribution in [0.5, 0.6) is 0 Å². The molecule has 0 heterocycles. The largest absolute Gasteiger partial charge is 0.390 e. The van der Waals surface area contributed by atoms with E-state index in [-0.39, 0.29) is 29.8 Å². The summed E-state index contributed by atoms with van der Waals surface area (Å²) in [6.45, 7) is 7.01. The summed E-state index contributed by atoms with van der Waals surface area (Å²) in [5, 5.41) is 22.3. The molecule has 0 aliphatic heterocycles. The van der Waals surface area contributed by atoms with Gasteiger partial charge in [-0.15, -0.1) is 0 Å². The third-order valence-electron chi connectivity index (χ3n) is 8.70. The molecule has 0 aromatic carbocycles. The molecule has 3 saturated carbocycles. The summed E-state index contributed by atoms with van der Waals surface area (Å²) in [5.41, 5.74) is -4.59. The number of rotatable bonds is 1. The second-order valence-electron chi connectivity index (χ2n) is 9.75. The smallest absolute Gasteiger partial charge is 0.178 e. The van der Waals surface area contributed by atoms with Crippen LogP contribution in [0.25, 0.3) is 0 Å². The van der Waals surface area contributed by atoms with Gasteiger partial charge >= 0.3 is 0 Å².